The topological polar surface area (TPSA) is 81.3 Å². The molecule has 2 heterocycles. The molecule has 7 nitrogen and oxygen atoms in total. The SMILES string of the molecule is C[C@H]1CC(C)(C)CC[C@H]1NC(=O)Cn1ncn2nccc2c1=O. The van der Waals surface area contributed by atoms with Gasteiger partial charge < -0.3 is 5.32 Å². The van der Waals surface area contributed by atoms with E-state index in [1.807, 2.05) is 0 Å². The van der Waals surface area contributed by atoms with Crippen LogP contribution in [0.2, 0.25) is 0 Å². The van der Waals surface area contributed by atoms with Crippen LogP contribution in [0.25, 0.3) is 5.52 Å². The molecule has 0 spiro atoms. The summed E-state index contributed by atoms with van der Waals surface area (Å²) in [6, 6.07) is 1.79. The second-order valence-electron chi connectivity index (χ2n) is 7.31. The van der Waals surface area contributed by atoms with Crippen molar-refractivity contribution in [3.63, 3.8) is 0 Å². The van der Waals surface area contributed by atoms with Crippen LogP contribution in [-0.4, -0.2) is 31.3 Å². The van der Waals surface area contributed by atoms with E-state index in [-0.39, 0.29) is 24.1 Å². The highest BCUT2D eigenvalue weighted by Crippen LogP contribution is 2.38. The van der Waals surface area contributed by atoms with E-state index >= 15 is 0 Å². The van der Waals surface area contributed by atoms with Crippen LogP contribution in [0.5, 0.6) is 0 Å². The lowest BCUT2D eigenvalue weighted by Crippen LogP contribution is -2.46. The molecule has 0 aromatic carbocycles. The van der Waals surface area contributed by atoms with E-state index in [1.165, 1.54) is 21.7 Å². The summed E-state index contributed by atoms with van der Waals surface area (Å²) >= 11 is 0. The number of rotatable bonds is 3. The van der Waals surface area contributed by atoms with Crippen LogP contribution in [0, 0.1) is 11.3 Å². The van der Waals surface area contributed by atoms with Gasteiger partial charge >= 0.3 is 0 Å². The van der Waals surface area contributed by atoms with Crippen LogP contribution in [0.4, 0.5) is 0 Å². The van der Waals surface area contributed by atoms with Gasteiger partial charge in [0.2, 0.25) is 5.91 Å². The summed E-state index contributed by atoms with van der Waals surface area (Å²) in [6.45, 7) is 6.65. The number of amides is 1. The average molecular weight is 317 g/mol. The zero-order valence-corrected chi connectivity index (χ0v) is 13.8. The number of hydrogen-bond acceptors (Lipinski definition) is 4. The highest BCUT2D eigenvalue weighted by Gasteiger charge is 2.33. The van der Waals surface area contributed by atoms with E-state index in [4.69, 9.17) is 0 Å². The Labute approximate surface area is 134 Å². The first-order valence-corrected chi connectivity index (χ1v) is 8.04. The number of nitrogens with zero attached hydrogens (tertiary/aromatic N) is 4. The van der Waals surface area contributed by atoms with E-state index < -0.39 is 0 Å². The minimum Gasteiger partial charge on any atom is -0.351 e. The minimum atomic E-state index is -0.307. The molecule has 1 amide bonds. The standard InChI is InChI=1S/C16H23N5O2/c1-11-8-16(2,3)6-4-12(11)19-14(22)9-20-15(23)13-5-7-17-21(13)10-18-20/h5,7,10-12H,4,6,8-9H2,1-3H3,(H,19,22)/t11-,12+/m0/s1. The van der Waals surface area contributed by atoms with Gasteiger partial charge in [0.25, 0.3) is 5.56 Å². The Bertz CT molecular complexity index is 776. The molecule has 1 N–H and O–H groups in total. The lowest BCUT2D eigenvalue weighted by Gasteiger charge is -2.39. The monoisotopic (exact) mass is 317 g/mol. The Hall–Kier alpha value is -2.18. The zero-order chi connectivity index (χ0) is 16.6. The van der Waals surface area contributed by atoms with Crippen LogP contribution >= 0.6 is 0 Å². The molecule has 1 aliphatic carbocycles. The molecular formula is C16H23N5O2. The van der Waals surface area contributed by atoms with Gasteiger partial charge in [-0.1, -0.05) is 20.8 Å². The number of carbonyl (C=O) groups is 1. The molecular weight excluding hydrogens is 294 g/mol. The van der Waals surface area contributed by atoms with Crippen molar-refractivity contribution < 1.29 is 4.79 Å². The smallest absolute Gasteiger partial charge is 0.293 e. The second-order valence-corrected chi connectivity index (χ2v) is 7.31. The van der Waals surface area contributed by atoms with E-state index in [2.05, 4.69) is 36.3 Å². The van der Waals surface area contributed by atoms with Gasteiger partial charge in [-0.15, -0.1) is 0 Å². The van der Waals surface area contributed by atoms with Gasteiger partial charge in [-0.05, 0) is 36.7 Å². The molecule has 124 valence electrons. The maximum absolute atomic E-state index is 12.3. The zero-order valence-electron chi connectivity index (χ0n) is 13.8. The molecule has 7 heteroatoms. The minimum absolute atomic E-state index is 0.0624. The van der Waals surface area contributed by atoms with Crippen LogP contribution in [0.3, 0.4) is 0 Å². The maximum Gasteiger partial charge on any atom is 0.293 e. The average Bonchev–Trinajstić information content (AvgIpc) is 2.94. The molecule has 0 bridgehead atoms. The molecule has 23 heavy (non-hydrogen) atoms. The molecule has 2 aromatic rings. The molecule has 2 aromatic heterocycles. The first-order valence-electron chi connectivity index (χ1n) is 8.04. The van der Waals surface area contributed by atoms with Crippen LogP contribution in [-0.2, 0) is 11.3 Å². The third-order valence-electron chi connectivity index (χ3n) is 4.76. The van der Waals surface area contributed by atoms with E-state index in [0.29, 0.717) is 16.8 Å². The van der Waals surface area contributed by atoms with Crippen LogP contribution in [0.15, 0.2) is 23.4 Å². The summed E-state index contributed by atoms with van der Waals surface area (Å²) in [5.41, 5.74) is 0.449. The van der Waals surface area contributed by atoms with Crippen LogP contribution in [0.1, 0.15) is 40.0 Å². The highest BCUT2D eigenvalue weighted by molar-refractivity contribution is 5.76. The normalized spacial score (nSPS) is 23.8. The third-order valence-corrected chi connectivity index (χ3v) is 4.76. The number of aromatic nitrogens is 4. The predicted molar refractivity (Wildman–Crippen MR) is 86.0 cm³/mol. The summed E-state index contributed by atoms with van der Waals surface area (Å²) in [5, 5.41) is 11.0. The van der Waals surface area contributed by atoms with Crippen molar-refractivity contribution in [3.05, 3.63) is 28.9 Å². The van der Waals surface area contributed by atoms with E-state index in [1.54, 1.807) is 6.07 Å². The number of fused-ring (bicyclic) bond motifs is 1. The fourth-order valence-electron chi connectivity index (χ4n) is 3.53. The molecule has 0 unspecified atom stereocenters. The molecule has 0 saturated heterocycles. The van der Waals surface area contributed by atoms with Gasteiger partial charge in [0, 0.05) is 6.04 Å². The van der Waals surface area contributed by atoms with Crippen molar-refractivity contribution in [1.82, 2.24) is 24.7 Å². The summed E-state index contributed by atoms with van der Waals surface area (Å²) in [6.07, 6.45) is 6.15. The van der Waals surface area contributed by atoms with Gasteiger partial charge in [-0.3, -0.25) is 9.59 Å². The first-order chi connectivity index (χ1) is 10.9. The lowest BCUT2D eigenvalue weighted by molar-refractivity contribution is -0.123. The quantitative estimate of drug-likeness (QED) is 0.923. The van der Waals surface area contributed by atoms with Gasteiger partial charge in [-0.25, -0.2) is 9.20 Å². The lowest BCUT2D eigenvalue weighted by atomic mass is 9.70. The maximum atomic E-state index is 12.3. The number of nitrogens with one attached hydrogen (secondary N) is 1. The molecule has 0 aliphatic heterocycles. The van der Waals surface area contributed by atoms with Crippen molar-refractivity contribution in [2.45, 2.75) is 52.6 Å². The molecule has 1 fully saturated rings. The fourth-order valence-corrected chi connectivity index (χ4v) is 3.53. The summed E-state index contributed by atoms with van der Waals surface area (Å²) < 4.78 is 2.59. The molecule has 1 saturated carbocycles. The van der Waals surface area contributed by atoms with Gasteiger partial charge in [0.05, 0.1) is 6.20 Å². The fraction of sp³-hybridized carbons (Fsp3) is 0.625. The number of hydrogen-bond donors (Lipinski definition) is 1. The van der Waals surface area contributed by atoms with Crippen LogP contribution < -0.4 is 10.9 Å². The van der Waals surface area contributed by atoms with Gasteiger partial charge in [0.15, 0.2) is 0 Å². The molecule has 3 rings (SSSR count). The number of carbonyl (C=O) groups excluding carboxylic acids is 1. The van der Waals surface area contributed by atoms with Crippen molar-refractivity contribution in [2.75, 3.05) is 0 Å². The van der Waals surface area contributed by atoms with Crippen molar-refractivity contribution in [1.29, 1.82) is 0 Å². The Kier molecular flexibility index (Phi) is 3.95. The Balaban J connectivity index is 1.67. The first kappa shape index (κ1) is 15.7. The van der Waals surface area contributed by atoms with Crippen molar-refractivity contribution in [3.8, 4) is 0 Å². The second kappa shape index (κ2) is 5.79. The molecule has 0 radical (unpaired) electrons. The predicted octanol–water partition coefficient (Wildman–Crippen LogP) is 1.22. The summed E-state index contributed by atoms with van der Waals surface area (Å²) in [7, 11) is 0. The third kappa shape index (κ3) is 3.28. The Morgan fingerprint density at radius 1 is 1.43 bits per heavy atom. The van der Waals surface area contributed by atoms with E-state index in [9.17, 15) is 9.59 Å². The molecule has 2 atom stereocenters. The van der Waals surface area contributed by atoms with Crippen molar-refractivity contribution in [2.24, 2.45) is 11.3 Å². The Morgan fingerprint density at radius 2 is 2.22 bits per heavy atom. The highest BCUT2D eigenvalue weighted by atomic mass is 16.2. The van der Waals surface area contributed by atoms with Crippen molar-refractivity contribution >= 4 is 11.4 Å². The largest absolute Gasteiger partial charge is 0.351 e. The molecule has 1 aliphatic rings. The summed E-state index contributed by atoms with van der Waals surface area (Å²) in [4.78, 5) is 24.5. The van der Waals surface area contributed by atoms with Gasteiger partial charge in [-0.2, -0.15) is 10.2 Å². The van der Waals surface area contributed by atoms with E-state index in [0.717, 1.165) is 19.3 Å². The Morgan fingerprint density at radius 3 is 2.96 bits per heavy atom. The van der Waals surface area contributed by atoms with Gasteiger partial charge in [0.1, 0.15) is 18.4 Å². The summed E-state index contributed by atoms with van der Waals surface area (Å²) in [5.74, 6) is 0.268.